The average Bonchev–Trinajstić information content (AvgIpc) is 2.55. The summed E-state index contributed by atoms with van der Waals surface area (Å²) < 4.78 is 35.2. The number of hydrogen-bond donors (Lipinski definition) is 2. The largest absolute Gasteiger partial charge is 0.490 e. The van der Waals surface area contributed by atoms with Gasteiger partial charge in [-0.15, -0.1) is 0 Å². The molecule has 0 aliphatic carbocycles. The number of para-hydroxylation sites is 1. The molecule has 1 heterocycles. The van der Waals surface area contributed by atoms with Gasteiger partial charge in [0.2, 0.25) is 5.91 Å². The first-order valence-electron chi connectivity index (χ1n) is 7.79. The fourth-order valence-electron chi connectivity index (χ4n) is 2.59. The van der Waals surface area contributed by atoms with Crippen molar-refractivity contribution in [3.8, 4) is 11.5 Å². The van der Waals surface area contributed by atoms with E-state index in [1.54, 1.807) is 25.1 Å². The van der Waals surface area contributed by atoms with E-state index in [1.165, 1.54) is 0 Å². The molecule has 0 spiro atoms. The van der Waals surface area contributed by atoms with E-state index in [1.807, 2.05) is 0 Å². The van der Waals surface area contributed by atoms with Crippen LogP contribution in [0.5, 0.6) is 11.5 Å². The molecule has 1 saturated heterocycles. The van der Waals surface area contributed by atoms with Gasteiger partial charge in [0.25, 0.3) is 0 Å². The number of ether oxygens (including phenoxy) is 2. The molecular formula is C16H22F2N2O3. The van der Waals surface area contributed by atoms with Gasteiger partial charge in [0, 0.05) is 18.7 Å². The second-order valence-electron chi connectivity index (χ2n) is 5.32. The van der Waals surface area contributed by atoms with Crippen LogP contribution in [0, 0.1) is 5.92 Å². The van der Waals surface area contributed by atoms with Crippen LogP contribution in [0.25, 0.3) is 0 Å². The van der Waals surface area contributed by atoms with Crippen LogP contribution >= 0.6 is 0 Å². The highest BCUT2D eigenvalue weighted by Crippen LogP contribution is 2.32. The fourth-order valence-corrected chi connectivity index (χ4v) is 2.59. The Morgan fingerprint density at radius 2 is 2.30 bits per heavy atom. The summed E-state index contributed by atoms with van der Waals surface area (Å²) in [5.74, 6) is 0.0607. The van der Waals surface area contributed by atoms with E-state index in [-0.39, 0.29) is 29.9 Å². The van der Waals surface area contributed by atoms with Crippen LogP contribution in [0.4, 0.5) is 8.78 Å². The highest BCUT2D eigenvalue weighted by atomic mass is 19.3. The van der Waals surface area contributed by atoms with Gasteiger partial charge in [0.1, 0.15) is 0 Å². The fraction of sp³-hybridized carbons (Fsp3) is 0.562. The maximum Gasteiger partial charge on any atom is 0.387 e. The number of rotatable bonds is 7. The highest BCUT2D eigenvalue weighted by molar-refractivity contribution is 5.79. The number of nitrogens with one attached hydrogen (secondary N) is 2. The lowest BCUT2D eigenvalue weighted by atomic mass is 9.99. The van der Waals surface area contributed by atoms with Crippen LogP contribution < -0.4 is 20.1 Å². The van der Waals surface area contributed by atoms with Crippen LogP contribution in [0.2, 0.25) is 0 Å². The topological polar surface area (TPSA) is 59.6 Å². The molecular weight excluding hydrogens is 306 g/mol. The molecule has 1 aromatic carbocycles. The molecule has 1 fully saturated rings. The molecule has 2 rings (SSSR count). The van der Waals surface area contributed by atoms with Gasteiger partial charge in [-0.1, -0.05) is 12.1 Å². The normalized spacial score (nSPS) is 17.8. The first-order valence-corrected chi connectivity index (χ1v) is 7.79. The van der Waals surface area contributed by atoms with Crippen LogP contribution in [-0.4, -0.2) is 32.2 Å². The molecule has 1 unspecified atom stereocenters. The molecule has 23 heavy (non-hydrogen) atoms. The van der Waals surface area contributed by atoms with Gasteiger partial charge >= 0.3 is 6.61 Å². The summed E-state index contributed by atoms with van der Waals surface area (Å²) in [7, 11) is 0. The third kappa shape index (κ3) is 5.06. The van der Waals surface area contributed by atoms with E-state index in [4.69, 9.17) is 4.74 Å². The Hall–Kier alpha value is -1.89. The van der Waals surface area contributed by atoms with Crippen molar-refractivity contribution in [3.05, 3.63) is 23.8 Å². The maximum absolute atomic E-state index is 12.6. The zero-order valence-electron chi connectivity index (χ0n) is 13.1. The molecule has 1 aromatic rings. The van der Waals surface area contributed by atoms with E-state index < -0.39 is 6.61 Å². The standard InChI is InChI=1S/C16H22F2N2O3/c1-2-22-13-7-3-5-11(14(13)23-16(17)18)10-20-15(21)12-6-4-8-19-9-12/h3,5,7,12,16,19H,2,4,6,8-10H2,1H3,(H,20,21). The van der Waals surface area contributed by atoms with Gasteiger partial charge in [-0.25, -0.2) is 0 Å². The van der Waals surface area contributed by atoms with Gasteiger partial charge < -0.3 is 20.1 Å². The van der Waals surface area contributed by atoms with Crippen LogP contribution in [0.15, 0.2) is 18.2 Å². The van der Waals surface area contributed by atoms with Crippen molar-refractivity contribution in [1.29, 1.82) is 0 Å². The summed E-state index contributed by atoms with van der Waals surface area (Å²) in [6.07, 6.45) is 1.79. The van der Waals surface area contributed by atoms with Crippen molar-refractivity contribution < 1.29 is 23.0 Å². The molecule has 5 nitrogen and oxygen atoms in total. The molecule has 0 radical (unpaired) electrons. The molecule has 1 atom stereocenters. The Balaban J connectivity index is 2.05. The third-order valence-electron chi connectivity index (χ3n) is 3.69. The number of carbonyl (C=O) groups is 1. The summed E-state index contributed by atoms with van der Waals surface area (Å²) >= 11 is 0. The zero-order valence-corrected chi connectivity index (χ0v) is 13.1. The highest BCUT2D eigenvalue weighted by Gasteiger charge is 2.22. The molecule has 1 amide bonds. The first-order chi connectivity index (χ1) is 11.1. The molecule has 0 aromatic heterocycles. The van der Waals surface area contributed by atoms with Crippen LogP contribution in [0.3, 0.4) is 0 Å². The zero-order chi connectivity index (χ0) is 16.7. The maximum atomic E-state index is 12.6. The first kappa shape index (κ1) is 17.5. The van der Waals surface area contributed by atoms with Crippen molar-refractivity contribution in [3.63, 3.8) is 0 Å². The Morgan fingerprint density at radius 3 is 2.96 bits per heavy atom. The number of amides is 1. The number of carbonyl (C=O) groups excluding carboxylic acids is 1. The van der Waals surface area contributed by atoms with E-state index in [2.05, 4.69) is 15.4 Å². The summed E-state index contributed by atoms with van der Waals surface area (Å²) in [5, 5.41) is 5.96. The lowest BCUT2D eigenvalue weighted by Gasteiger charge is -2.22. The Labute approximate surface area is 134 Å². The predicted octanol–water partition coefficient (Wildman–Crippen LogP) is 2.30. The summed E-state index contributed by atoms with van der Waals surface area (Å²) in [4.78, 5) is 12.1. The van der Waals surface area contributed by atoms with Crippen molar-refractivity contribution in [2.45, 2.75) is 32.9 Å². The molecule has 1 aliphatic heterocycles. The van der Waals surface area contributed by atoms with Crippen LogP contribution in [-0.2, 0) is 11.3 Å². The number of hydrogen-bond acceptors (Lipinski definition) is 4. The summed E-state index contributed by atoms with van der Waals surface area (Å²) in [5.41, 5.74) is 0.466. The van der Waals surface area contributed by atoms with Gasteiger partial charge in [0.05, 0.1) is 12.5 Å². The predicted molar refractivity (Wildman–Crippen MR) is 81.7 cm³/mol. The number of benzene rings is 1. The lowest BCUT2D eigenvalue weighted by molar-refractivity contribution is -0.125. The van der Waals surface area contributed by atoms with E-state index in [9.17, 15) is 13.6 Å². The van der Waals surface area contributed by atoms with E-state index >= 15 is 0 Å². The van der Waals surface area contributed by atoms with Gasteiger partial charge in [-0.2, -0.15) is 8.78 Å². The van der Waals surface area contributed by atoms with Gasteiger partial charge in [-0.3, -0.25) is 4.79 Å². The quantitative estimate of drug-likeness (QED) is 0.806. The van der Waals surface area contributed by atoms with Crippen LogP contribution in [0.1, 0.15) is 25.3 Å². The third-order valence-corrected chi connectivity index (χ3v) is 3.69. The minimum atomic E-state index is -2.95. The Kier molecular flexibility index (Phi) is 6.58. The van der Waals surface area contributed by atoms with Crippen molar-refractivity contribution in [2.24, 2.45) is 5.92 Å². The van der Waals surface area contributed by atoms with Crippen molar-refractivity contribution in [2.75, 3.05) is 19.7 Å². The number of halogens is 2. The molecule has 1 aliphatic rings. The number of piperidine rings is 1. The Bertz CT molecular complexity index is 520. The summed E-state index contributed by atoms with van der Waals surface area (Å²) in [6, 6.07) is 4.89. The Morgan fingerprint density at radius 1 is 1.48 bits per heavy atom. The molecule has 2 N–H and O–H groups in total. The van der Waals surface area contributed by atoms with Gasteiger partial charge in [0.15, 0.2) is 11.5 Å². The molecule has 7 heteroatoms. The number of alkyl halides is 2. The molecule has 0 saturated carbocycles. The second kappa shape index (κ2) is 8.67. The van der Waals surface area contributed by atoms with Crippen molar-refractivity contribution >= 4 is 5.91 Å². The lowest BCUT2D eigenvalue weighted by Crippen LogP contribution is -2.40. The monoisotopic (exact) mass is 328 g/mol. The smallest absolute Gasteiger partial charge is 0.387 e. The van der Waals surface area contributed by atoms with Gasteiger partial charge in [-0.05, 0) is 32.4 Å². The minimum Gasteiger partial charge on any atom is -0.490 e. The minimum absolute atomic E-state index is 0.0218. The van der Waals surface area contributed by atoms with E-state index in [0.717, 1.165) is 19.4 Å². The SMILES string of the molecule is CCOc1cccc(CNC(=O)C2CCCNC2)c1OC(F)F. The summed E-state index contributed by atoms with van der Waals surface area (Å²) in [6.45, 7) is 0.837. The average molecular weight is 328 g/mol. The van der Waals surface area contributed by atoms with E-state index in [0.29, 0.717) is 18.7 Å². The molecule has 0 bridgehead atoms. The second-order valence-corrected chi connectivity index (χ2v) is 5.32. The molecule has 128 valence electrons. The van der Waals surface area contributed by atoms with Crippen molar-refractivity contribution in [1.82, 2.24) is 10.6 Å².